The number of ether oxygens (including phenoxy) is 2. The Morgan fingerprint density at radius 1 is 0.667 bits per heavy atom. The first kappa shape index (κ1) is 67.6. The first-order chi connectivity index (χ1) is 40.0. The summed E-state index contributed by atoms with van der Waals surface area (Å²) in [6.07, 6.45) is 14.3. The van der Waals surface area contributed by atoms with Crippen molar-refractivity contribution in [1.82, 2.24) is 20.3 Å². The zero-order valence-corrected chi connectivity index (χ0v) is 56.0. The minimum Gasteiger partial charge on any atom is -0.461 e. The summed E-state index contributed by atoms with van der Waals surface area (Å²) >= 11 is 0. The first-order valence-corrected chi connectivity index (χ1v) is 37.1. The van der Waals surface area contributed by atoms with Gasteiger partial charge in [0.25, 0.3) is 0 Å². The third-order valence-electron chi connectivity index (χ3n) is 19.4. The number of hydroxylamine groups is 4. The molecule has 0 radical (unpaired) electrons. The molecule has 4 aliphatic heterocycles. The van der Waals surface area contributed by atoms with E-state index in [0.29, 0.717) is 55.0 Å². The van der Waals surface area contributed by atoms with E-state index in [2.05, 4.69) is 116 Å². The van der Waals surface area contributed by atoms with Gasteiger partial charge in [0, 0.05) is 11.1 Å². The number of hydrogen-bond donors (Lipinski definition) is 2. The van der Waals surface area contributed by atoms with Gasteiger partial charge in [-0.25, -0.2) is 0 Å². The molecular weight excluding hydrogens is 1090 g/mol. The van der Waals surface area contributed by atoms with Gasteiger partial charge in [0.05, 0.1) is 50.2 Å². The zero-order valence-electron chi connectivity index (χ0n) is 54.0. The standard InChI is InChI=1S/C36H57N3O5Si.C32H50N2O4Si/c1-9-10-21-45(26(2)3,27(4)5)42-25-31-33-28(6)43-35(41)34(33)39(44-31)23-30-16-14-15-29(22-30)17-20-36(18-12-11-13-19-36)37-32(40)24-38(7)8;1-7-8-19-39(23(2)3,24(4)5)36-22-28-29-25(6)37-31(35)30(29)34(38-28)21-27-14-12-13-26(20-27)15-18-32(33)16-10-9-11-17-32/h14-16,22,26-28,31,33-34H,9-13,18-19,21,23-25H2,1-8H3,(H,37,40);12-14,20,23-25,28-30H,7-11,16-17,19,21-22,33H2,1-6H3/t28-,31-,33+,34-;25-,28-,29+,30-/m00/s1. The van der Waals surface area contributed by atoms with Crippen LogP contribution >= 0.6 is 0 Å². The van der Waals surface area contributed by atoms with Crippen LogP contribution in [0.4, 0.5) is 0 Å². The Hall–Kier alpha value is -3.92. The molecule has 466 valence electrons. The summed E-state index contributed by atoms with van der Waals surface area (Å²) in [5.41, 5.74) is 11.6. The van der Waals surface area contributed by atoms with Gasteiger partial charge in [0.15, 0.2) is 16.6 Å². The van der Waals surface area contributed by atoms with Crippen molar-refractivity contribution in [2.24, 2.45) is 17.6 Å². The van der Waals surface area contributed by atoms with Gasteiger partial charge in [-0.15, -0.1) is 0 Å². The maximum atomic E-state index is 13.1. The van der Waals surface area contributed by atoms with Crippen molar-refractivity contribution < 1.29 is 42.4 Å². The number of carbonyl (C=O) groups excluding carboxylic acids is 3. The number of cyclic esters (lactones) is 2. The number of fused-ring (bicyclic) bond motifs is 2. The highest BCUT2D eigenvalue weighted by atomic mass is 28.4. The van der Waals surface area contributed by atoms with Gasteiger partial charge in [-0.2, -0.15) is 10.1 Å². The van der Waals surface area contributed by atoms with E-state index in [1.165, 1.54) is 32.1 Å². The molecule has 16 heteroatoms. The number of nitrogens with two attached hydrogens (primary N) is 1. The summed E-state index contributed by atoms with van der Waals surface area (Å²) in [7, 11) is -0.246. The highest BCUT2D eigenvalue weighted by molar-refractivity contribution is 6.76. The normalized spacial score (nSPS) is 25.9. The third-order valence-corrected chi connectivity index (χ3v) is 30.9. The molecule has 6 aliphatic rings. The summed E-state index contributed by atoms with van der Waals surface area (Å²) in [6, 6.07) is 17.8. The molecule has 1 amide bonds. The zero-order chi connectivity index (χ0) is 61.0. The molecular formula is C68H107N5O9Si2. The molecule has 84 heavy (non-hydrogen) atoms. The number of carbonyl (C=O) groups is 3. The van der Waals surface area contributed by atoms with Crippen molar-refractivity contribution in [1.29, 1.82) is 0 Å². The number of amides is 1. The van der Waals surface area contributed by atoms with Crippen LogP contribution in [0.2, 0.25) is 34.3 Å². The fourth-order valence-electron chi connectivity index (χ4n) is 14.6. The summed E-state index contributed by atoms with van der Waals surface area (Å²) in [5, 5.41) is 6.91. The van der Waals surface area contributed by atoms with Gasteiger partial charge in [0.2, 0.25) is 5.91 Å². The fraction of sp³-hybridized carbons (Fsp3) is 0.721. The van der Waals surface area contributed by atoms with Crippen LogP contribution < -0.4 is 11.1 Å². The van der Waals surface area contributed by atoms with Crippen LogP contribution in [0.5, 0.6) is 0 Å². The van der Waals surface area contributed by atoms with Crippen molar-refractivity contribution in [3.63, 3.8) is 0 Å². The monoisotopic (exact) mass is 1190 g/mol. The van der Waals surface area contributed by atoms with Gasteiger partial charge < -0.3 is 34.3 Å². The van der Waals surface area contributed by atoms with Crippen LogP contribution in [0, 0.1) is 35.5 Å². The fourth-order valence-corrected chi connectivity index (χ4v) is 23.9. The topological polar surface area (TPSA) is 154 Å². The molecule has 0 aromatic heterocycles. The molecule has 8 rings (SSSR count). The molecule has 2 saturated carbocycles. The highest BCUT2D eigenvalue weighted by Crippen LogP contribution is 2.45. The maximum Gasteiger partial charge on any atom is 0.326 e. The third kappa shape index (κ3) is 16.6. The number of esters is 2. The lowest BCUT2D eigenvalue weighted by atomic mass is 9.82. The van der Waals surface area contributed by atoms with Crippen molar-refractivity contribution in [2.45, 2.75) is 268 Å². The van der Waals surface area contributed by atoms with Crippen LogP contribution in [0.3, 0.4) is 0 Å². The molecule has 2 aromatic carbocycles. The van der Waals surface area contributed by atoms with Crippen molar-refractivity contribution in [3.8, 4) is 23.7 Å². The summed E-state index contributed by atoms with van der Waals surface area (Å²) in [4.78, 5) is 53.6. The van der Waals surface area contributed by atoms with Crippen LogP contribution in [0.1, 0.15) is 195 Å². The molecule has 0 bridgehead atoms. The average molecular weight is 1190 g/mol. The second kappa shape index (κ2) is 30.3. The maximum absolute atomic E-state index is 13.1. The van der Waals surface area contributed by atoms with E-state index in [9.17, 15) is 14.4 Å². The predicted octanol–water partition coefficient (Wildman–Crippen LogP) is 12.4. The van der Waals surface area contributed by atoms with E-state index < -0.39 is 34.3 Å². The molecule has 2 aliphatic carbocycles. The quantitative estimate of drug-likeness (QED) is 0.0617. The molecule has 4 heterocycles. The molecule has 3 N–H and O–H groups in total. The Kier molecular flexibility index (Phi) is 24.4. The summed E-state index contributed by atoms with van der Waals surface area (Å²) in [6.45, 7) is 29.2. The number of rotatable bonds is 23. The van der Waals surface area contributed by atoms with Crippen molar-refractivity contribution in [2.75, 3.05) is 33.9 Å². The minimum atomic E-state index is -2.04. The SMILES string of the molecule is CCCC[Si](OC[C@@H]1ON(Cc2cccc(C#CC3(N)CCCCC3)c2)[C@@H]2C(=O)O[C@@H](C)[C@H]12)(C(C)C)C(C)C.CCCC[Si](OC[C@@H]1ON(Cc2cccc(C#CC3(NC(=O)CN(C)C)CCCCC3)c2)[C@@H]2C(=O)O[C@@H](C)[C@H]12)(C(C)C)C(C)C. The van der Waals surface area contributed by atoms with E-state index in [1.54, 1.807) is 0 Å². The van der Waals surface area contributed by atoms with Crippen LogP contribution in [-0.4, -0.2) is 131 Å². The van der Waals surface area contributed by atoms with Crippen molar-refractivity contribution >= 4 is 34.5 Å². The Bertz CT molecular complexity index is 2600. The van der Waals surface area contributed by atoms with Crippen LogP contribution in [0.25, 0.3) is 0 Å². The lowest BCUT2D eigenvalue weighted by Crippen LogP contribution is -2.51. The molecule has 2 aromatic rings. The largest absolute Gasteiger partial charge is 0.461 e. The van der Waals surface area contributed by atoms with Gasteiger partial charge in [-0.3, -0.25) is 24.1 Å². The molecule has 8 atom stereocenters. The summed E-state index contributed by atoms with van der Waals surface area (Å²) < 4.78 is 25.4. The van der Waals surface area contributed by atoms with E-state index in [0.717, 1.165) is 92.1 Å². The van der Waals surface area contributed by atoms with Crippen molar-refractivity contribution in [3.05, 3.63) is 70.8 Å². The molecule has 6 fully saturated rings. The van der Waals surface area contributed by atoms with Gasteiger partial charge >= 0.3 is 11.9 Å². The Labute approximate surface area is 508 Å². The Morgan fingerprint density at radius 2 is 1.08 bits per heavy atom. The van der Waals surface area contributed by atoms with E-state index in [4.69, 9.17) is 33.7 Å². The summed E-state index contributed by atoms with van der Waals surface area (Å²) in [5.74, 6) is 13.0. The molecule has 0 spiro atoms. The van der Waals surface area contributed by atoms with Gasteiger partial charge in [-0.05, 0) is 123 Å². The number of unbranched alkanes of at least 4 members (excludes halogenated alkanes) is 2. The van der Waals surface area contributed by atoms with Gasteiger partial charge in [0.1, 0.15) is 42.0 Å². The second-order valence-corrected chi connectivity index (χ2v) is 37.2. The first-order valence-electron chi connectivity index (χ1n) is 32.5. The molecule has 0 unspecified atom stereocenters. The lowest BCUT2D eigenvalue weighted by Gasteiger charge is -2.40. The number of hydrogen-bond acceptors (Lipinski definition) is 13. The Morgan fingerprint density at radius 3 is 1.49 bits per heavy atom. The van der Waals surface area contributed by atoms with E-state index in [-0.39, 0.29) is 59.6 Å². The Balaban J connectivity index is 0.000000243. The minimum absolute atomic E-state index is 0.00830. The predicted molar refractivity (Wildman–Crippen MR) is 339 cm³/mol. The number of nitrogens with zero attached hydrogens (tertiary/aromatic N) is 3. The van der Waals surface area contributed by atoms with Crippen LogP contribution in [-0.2, 0) is 55.5 Å². The average Bonchev–Trinajstić information content (AvgIpc) is 3.77. The highest BCUT2D eigenvalue weighted by Gasteiger charge is 2.59. The van der Waals surface area contributed by atoms with Gasteiger partial charge in [-0.1, -0.05) is 181 Å². The second-order valence-electron chi connectivity index (χ2n) is 27.2. The van der Waals surface area contributed by atoms with E-state index >= 15 is 0 Å². The molecule has 14 nitrogen and oxygen atoms in total. The van der Waals surface area contributed by atoms with E-state index in [1.807, 2.05) is 73.3 Å². The number of nitrogens with one attached hydrogen (secondary N) is 1. The number of likely N-dealkylation sites (N-methyl/N-ethyl adjacent to an activating group) is 1. The van der Waals surface area contributed by atoms with Crippen LogP contribution in [0.15, 0.2) is 48.5 Å². The number of benzene rings is 2. The smallest absolute Gasteiger partial charge is 0.326 e. The molecule has 4 saturated heterocycles. The lowest BCUT2D eigenvalue weighted by molar-refractivity contribution is -0.195.